The number of β-amino-alcohol motifs (C(OH)–C–C–N with tert-alkyl or cyclic N) is 1. The maximum absolute atomic E-state index is 12.3. The Kier molecular flexibility index (Phi) is 2.92. The van der Waals surface area contributed by atoms with Crippen LogP contribution >= 0.6 is 0 Å². The second-order valence-electron chi connectivity index (χ2n) is 5.63. The van der Waals surface area contributed by atoms with Gasteiger partial charge in [-0.15, -0.1) is 0 Å². The Hall–Kier alpha value is -1.65. The number of rotatable bonds is 3. The summed E-state index contributed by atoms with van der Waals surface area (Å²) < 4.78 is 0. The number of likely N-dealkylation sites (tertiary alicyclic amines) is 1. The van der Waals surface area contributed by atoms with Crippen LogP contribution in [0, 0.1) is 0 Å². The summed E-state index contributed by atoms with van der Waals surface area (Å²) in [7, 11) is 0. The van der Waals surface area contributed by atoms with Crippen molar-refractivity contribution in [3.63, 3.8) is 0 Å². The number of hydrogen-bond donors (Lipinski definition) is 2. The van der Waals surface area contributed by atoms with Gasteiger partial charge in [0.25, 0.3) is 0 Å². The van der Waals surface area contributed by atoms with Crippen LogP contribution in [0.2, 0.25) is 0 Å². The molecule has 100 valence electrons. The molecule has 1 atom stereocenters. The summed E-state index contributed by atoms with van der Waals surface area (Å²) in [6.07, 6.45) is 2.51. The van der Waals surface area contributed by atoms with Crippen LogP contribution in [0.4, 0.5) is 0 Å². The monoisotopic (exact) mass is 258 g/mol. The van der Waals surface area contributed by atoms with E-state index in [1.54, 1.807) is 6.20 Å². The number of ketones is 1. The Morgan fingerprint density at radius 3 is 3.00 bits per heavy atom. The molecule has 4 nitrogen and oxygen atoms in total. The van der Waals surface area contributed by atoms with Crippen LogP contribution in [0.25, 0.3) is 10.9 Å². The van der Waals surface area contributed by atoms with Crippen molar-refractivity contribution in [1.82, 2.24) is 9.88 Å². The first-order valence-electron chi connectivity index (χ1n) is 6.59. The predicted molar refractivity (Wildman–Crippen MR) is 74.3 cm³/mol. The average molecular weight is 258 g/mol. The lowest BCUT2D eigenvalue weighted by Crippen LogP contribution is -2.33. The number of para-hydroxylation sites is 1. The molecule has 0 bridgehead atoms. The predicted octanol–water partition coefficient (Wildman–Crippen LogP) is 1.81. The zero-order valence-electron chi connectivity index (χ0n) is 11.0. The van der Waals surface area contributed by atoms with Crippen molar-refractivity contribution < 1.29 is 9.90 Å². The van der Waals surface area contributed by atoms with Gasteiger partial charge in [0.15, 0.2) is 5.78 Å². The molecule has 1 saturated heterocycles. The molecule has 2 N–H and O–H groups in total. The third-order valence-corrected chi connectivity index (χ3v) is 3.79. The van der Waals surface area contributed by atoms with E-state index in [9.17, 15) is 9.90 Å². The molecule has 0 aliphatic carbocycles. The molecule has 3 rings (SSSR count). The second kappa shape index (κ2) is 4.47. The van der Waals surface area contributed by atoms with E-state index in [4.69, 9.17) is 0 Å². The van der Waals surface area contributed by atoms with Gasteiger partial charge in [-0.25, -0.2) is 0 Å². The van der Waals surface area contributed by atoms with Crippen molar-refractivity contribution in [3.8, 4) is 0 Å². The van der Waals surface area contributed by atoms with Gasteiger partial charge in [-0.1, -0.05) is 18.2 Å². The summed E-state index contributed by atoms with van der Waals surface area (Å²) in [6, 6.07) is 7.81. The standard InChI is InChI=1S/C15H18N2O2/c1-15(19)6-7-17(10-15)9-14(18)12-8-16-13-5-3-2-4-11(12)13/h2-5,8,16,19H,6-7,9-10H2,1H3. The Balaban J connectivity index is 1.78. The number of nitrogens with one attached hydrogen (secondary N) is 1. The smallest absolute Gasteiger partial charge is 0.178 e. The molecule has 1 aliphatic rings. The summed E-state index contributed by atoms with van der Waals surface area (Å²) in [6.45, 7) is 3.54. The van der Waals surface area contributed by atoms with Crippen molar-refractivity contribution >= 4 is 16.7 Å². The third kappa shape index (κ3) is 2.41. The van der Waals surface area contributed by atoms with E-state index >= 15 is 0 Å². The molecule has 1 aliphatic heterocycles. The van der Waals surface area contributed by atoms with E-state index in [1.807, 2.05) is 36.1 Å². The summed E-state index contributed by atoms with van der Waals surface area (Å²) in [5.74, 6) is 0.107. The molecule has 0 radical (unpaired) electrons. The molecule has 2 aromatic rings. The fraction of sp³-hybridized carbons (Fsp3) is 0.400. The lowest BCUT2D eigenvalue weighted by atomic mass is 10.1. The van der Waals surface area contributed by atoms with Gasteiger partial charge in [0.05, 0.1) is 12.1 Å². The van der Waals surface area contributed by atoms with Gasteiger partial charge in [-0.3, -0.25) is 9.69 Å². The highest BCUT2D eigenvalue weighted by Crippen LogP contribution is 2.22. The average Bonchev–Trinajstić information content (AvgIpc) is 2.92. The fourth-order valence-corrected chi connectivity index (χ4v) is 2.76. The maximum atomic E-state index is 12.3. The van der Waals surface area contributed by atoms with Crippen LogP contribution < -0.4 is 0 Å². The number of aromatic nitrogens is 1. The van der Waals surface area contributed by atoms with Gasteiger partial charge < -0.3 is 10.1 Å². The molecule has 0 saturated carbocycles. The number of benzene rings is 1. The molecule has 1 unspecified atom stereocenters. The first-order chi connectivity index (χ1) is 9.05. The van der Waals surface area contributed by atoms with E-state index < -0.39 is 5.60 Å². The highest BCUT2D eigenvalue weighted by Gasteiger charge is 2.32. The highest BCUT2D eigenvalue weighted by atomic mass is 16.3. The number of hydrogen-bond acceptors (Lipinski definition) is 3. The topological polar surface area (TPSA) is 56.3 Å². The number of carbonyl (C=O) groups excluding carboxylic acids is 1. The van der Waals surface area contributed by atoms with Gasteiger partial charge in [-0.2, -0.15) is 0 Å². The quantitative estimate of drug-likeness (QED) is 0.825. The van der Waals surface area contributed by atoms with Gasteiger partial charge in [0.1, 0.15) is 0 Å². The normalized spacial score (nSPS) is 24.1. The van der Waals surface area contributed by atoms with Crippen molar-refractivity contribution in [2.24, 2.45) is 0 Å². The molecule has 0 spiro atoms. The summed E-state index contributed by atoms with van der Waals surface area (Å²) in [4.78, 5) is 17.5. The van der Waals surface area contributed by atoms with E-state index in [0.29, 0.717) is 13.1 Å². The minimum absolute atomic E-state index is 0.107. The number of nitrogens with zero attached hydrogens (tertiary/aromatic N) is 1. The van der Waals surface area contributed by atoms with Gasteiger partial charge in [0.2, 0.25) is 0 Å². The Morgan fingerprint density at radius 2 is 2.26 bits per heavy atom. The van der Waals surface area contributed by atoms with Gasteiger partial charge in [-0.05, 0) is 19.4 Å². The number of carbonyl (C=O) groups is 1. The highest BCUT2D eigenvalue weighted by molar-refractivity contribution is 6.08. The summed E-state index contributed by atoms with van der Waals surface area (Å²) in [5.41, 5.74) is 1.07. The zero-order valence-corrected chi connectivity index (χ0v) is 11.0. The van der Waals surface area contributed by atoms with Crippen LogP contribution in [0.1, 0.15) is 23.7 Å². The van der Waals surface area contributed by atoms with Crippen LogP contribution in [-0.4, -0.2) is 46.0 Å². The molecular formula is C15H18N2O2. The van der Waals surface area contributed by atoms with Crippen LogP contribution in [0.5, 0.6) is 0 Å². The van der Waals surface area contributed by atoms with Gasteiger partial charge in [0, 0.05) is 35.8 Å². The fourth-order valence-electron chi connectivity index (χ4n) is 2.76. The molecule has 19 heavy (non-hydrogen) atoms. The van der Waals surface area contributed by atoms with E-state index in [0.717, 1.165) is 29.4 Å². The molecular weight excluding hydrogens is 240 g/mol. The Bertz CT molecular complexity index is 615. The first kappa shape index (κ1) is 12.4. The third-order valence-electron chi connectivity index (χ3n) is 3.79. The van der Waals surface area contributed by atoms with Crippen molar-refractivity contribution in [3.05, 3.63) is 36.0 Å². The maximum Gasteiger partial charge on any atom is 0.178 e. The number of aliphatic hydroxyl groups is 1. The second-order valence-corrected chi connectivity index (χ2v) is 5.63. The number of fused-ring (bicyclic) bond motifs is 1. The minimum atomic E-state index is -0.652. The Morgan fingerprint density at radius 1 is 1.47 bits per heavy atom. The van der Waals surface area contributed by atoms with Gasteiger partial charge >= 0.3 is 0 Å². The summed E-state index contributed by atoms with van der Waals surface area (Å²) >= 11 is 0. The minimum Gasteiger partial charge on any atom is -0.389 e. The Labute approximate surface area is 112 Å². The molecule has 0 amide bonds. The molecule has 4 heteroatoms. The molecule has 1 aromatic heterocycles. The van der Waals surface area contributed by atoms with Crippen molar-refractivity contribution in [1.29, 1.82) is 0 Å². The van der Waals surface area contributed by atoms with Crippen LogP contribution in [0.3, 0.4) is 0 Å². The van der Waals surface area contributed by atoms with Crippen molar-refractivity contribution in [2.45, 2.75) is 18.9 Å². The molecule has 2 heterocycles. The van der Waals surface area contributed by atoms with E-state index in [2.05, 4.69) is 4.98 Å². The largest absolute Gasteiger partial charge is 0.389 e. The number of aromatic amines is 1. The van der Waals surface area contributed by atoms with Crippen molar-refractivity contribution in [2.75, 3.05) is 19.6 Å². The van der Waals surface area contributed by atoms with Crippen LogP contribution in [-0.2, 0) is 0 Å². The summed E-state index contributed by atoms with van der Waals surface area (Å²) in [5, 5.41) is 10.9. The van der Waals surface area contributed by atoms with E-state index in [1.165, 1.54) is 0 Å². The zero-order chi connectivity index (χ0) is 13.5. The van der Waals surface area contributed by atoms with Crippen LogP contribution in [0.15, 0.2) is 30.5 Å². The number of Topliss-reactive ketones (excluding diaryl/α,β-unsaturated/α-hetero) is 1. The lowest BCUT2D eigenvalue weighted by molar-refractivity contribution is 0.0669. The number of H-pyrrole nitrogens is 1. The SMILES string of the molecule is CC1(O)CCN(CC(=O)c2c[nH]c3ccccc23)C1. The van der Waals surface area contributed by atoms with E-state index in [-0.39, 0.29) is 5.78 Å². The lowest BCUT2D eigenvalue weighted by Gasteiger charge is -2.17. The first-order valence-corrected chi connectivity index (χ1v) is 6.59. The molecule has 1 aromatic carbocycles. The molecule has 1 fully saturated rings.